The van der Waals surface area contributed by atoms with Gasteiger partial charge in [0.1, 0.15) is 5.52 Å². The highest BCUT2D eigenvalue weighted by Crippen LogP contribution is 2.14. The van der Waals surface area contributed by atoms with Gasteiger partial charge in [-0.3, -0.25) is 0 Å². The van der Waals surface area contributed by atoms with E-state index in [1.165, 1.54) is 0 Å². The largest absolute Gasteiger partial charge is 0.367 e. The zero-order valence-corrected chi connectivity index (χ0v) is 11.3. The molecular weight excluding hydrogens is 226 g/mol. The molecule has 0 aromatic carbocycles. The summed E-state index contributed by atoms with van der Waals surface area (Å²) in [5.41, 5.74) is 2.05. The van der Waals surface area contributed by atoms with Crippen molar-refractivity contribution in [3.63, 3.8) is 0 Å². The SMILES string of the molecule is CCN(CC)CCNc1nccn2nc(C)cc12. The number of aryl methyl sites for hydroxylation is 1. The summed E-state index contributed by atoms with van der Waals surface area (Å²) >= 11 is 0. The van der Waals surface area contributed by atoms with Crippen molar-refractivity contribution < 1.29 is 0 Å². The highest BCUT2D eigenvalue weighted by Gasteiger charge is 2.05. The first-order valence-corrected chi connectivity index (χ1v) is 6.51. The van der Waals surface area contributed by atoms with E-state index < -0.39 is 0 Å². The lowest BCUT2D eigenvalue weighted by Crippen LogP contribution is -2.28. The molecule has 0 fully saturated rings. The third-order valence-electron chi connectivity index (χ3n) is 3.13. The molecule has 0 aliphatic rings. The molecule has 0 unspecified atom stereocenters. The van der Waals surface area contributed by atoms with E-state index in [4.69, 9.17) is 0 Å². The molecule has 18 heavy (non-hydrogen) atoms. The van der Waals surface area contributed by atoms with Crippen LogP contribution in [0.2, 0.25) is 0 Å². The van der Waals surface area contributed by atoms with Crippen LogP contribution >= 0.6 is 0 Å². The topological polar surface area (TPSA) is 45.5 Å². The van der Waals surface area contributed by atoms with E-state index in [1.54, 1.807) is 6.20 Å². The maximum absolute atomic E-state index is 4.38. The van der Waals surface area contributed by atoms with Crippen LogP contribution in [0.1, 0.15) is 19.5 Å². The second kappa shape index (κ2) is 5.82. The summed E-state index contributed by atoms with van der Waals surface area (Å²) in [5, 5.41) is 7.76. The highest BCUT2D eigenvalue weighted by atomic mass is 15.2. The van der Waals surface area contributed by atoms with Crippen molar-refractivity contribution in [1.82, 2.24) is 19.5 Å². The number of rotatable bonds is 6. The summed E-state index contributed by atoms with van der Waals surface area (Å²) < 4.78 is 1.86. The average Bonchev–Trinajstić information content (AvgIpc) is 2.75. The number of hydrogen-bond acceptors (Lipinski definition) is 4. The third-order valence-corrected chi connectivity index (χ3v) is 3.13. The van der Waals surface area contributed by atoms with Crippen molar-refractivity contribution in [2.24, 2.45) is 0 Å². The Morgan fingerprint density at radius 2 is 2.11 bits per heavy atom. The number of hydrogen-bond donors (Lipinski definition) is 1. The molecule has 0 amide bonds. The molecule has 0 atom stereocenters. The summed E-state index contributed by atoms with van der Waals surface area (Å²) in [6, 6.07) is 2.05. The van der Waals surface area contributed by atoms with Crippen molar-refractivity contribution in [1.29, 1.82) is 0 Å². The molecule has 5 nitrogen and oxygen atoms in total. The predicted molar refractivity (Wildman–Crippen MR) is 74.0 cm³/mol. The quantitative estimate of drug-likeness (QED) is 0.845. The van der Waals surface area contributed by atoms with E-state index in [0.29, 0.717) is 0 Å². The Kier molecular flexibility index (Phi) is 4.15. The Morgan fingerprint density at radius 3 is 2.83 bits per heavy atom. The summed E-state index contributed by atoms with van der Waals surface area (Å²) in [7, 11) is 0. The fourth-order valence-electron chi connectivity index (χ4n) is 2.05. The van der Waals surface area contributed by atoms with Crippen LogP contribution in [0.15, 0.2) is 18.5 Å². The van der Waals surface area contributed by atoms with Crippen LogP contribution in [0.25, 0.3) is 5.52 Å². The molecule has 2 heterocycles. The highest BCUT2D eigenvalue weighted by molar-refractivity contribution is 5.67. The van der Waals surface area contributed by atoms with Gasteiger partial charge in [0.25, 0.3) is 0 Å². The van der Waals surface area contributed by atoms with Crippen molar-refractivity contribution >= 4 is 11.3 Å². The first-order chi connectivity index (χ1) is 8.74. The Hall–Kier alpha value is -1.62. The second-order valence-electron chi connectivity index (χ2n) is 4.35. The van der Waals surface area contributed by atoms with E-state index in [0.717, 1.165) is 43.2 Å². The van der Waals surface area contributed by atoms with Crippen LogP contribution in [0, 0.1) is 6.92 Å². The number of aromatic nitrogens is 3. The van der Waals surface area contributed by atoms with E-state index in [1.807, 2.05) is 23.7 Å². The molecule has 1 N–H and O–H groups in total. The minimum atomic E-state index is 0.901. The molecule has 0 radical (unpaired) electrons. The molecule has 5 heteroatoms. The molecule has 0 aliphatic heterocycles. The summed E-state index contributed by atoms with van der Waals surface area (Å²) in [4.78, 5) is 6.76. The van der Waals surface area contributed by atoms with Crippen LogP contribution in [-0.2, 0) is 0 Å². The van der Waals surface area contributed by atoms with Crippen molar-refractivity contribution in [3.05, 3.63) is 24.2 Å². The molecular formula is C13H21N5. The number of nitrogens with one attached hydrogen (secondary N) is 1. The van der Waals surface area contributed by atoms with Crippen LogP contribution in [0.4, 0.5) is 5.82 Å². The molecule has 98 valence electrons. The van der Waals surface area contributed by atoms with Crippen LogP contribution < -0.4 is 5.32 Å². The minimum absolute atomic E-state index is 0.901. The van der Waals surface area contributed by atoms with Crippen LogP contribution in [0.5, 0.6) is 0 Å². The number of nitrogens with zero attached hydrogens (tertiary/aromatic N) is 4. The molecule has 0 bridgehead atoms. The maximum atomic E-state index is 4.38. The normalized spacial score (nSPS) is 11.3. The molecule has 0 saturated carbocycles. The standard InChI is InChI=1S/C13H21N5/c1-4-17(5-2)8-6-14-13-12-10-11(3)16-18(12)9-7-15-13/h7,9-10H,4-6,8H2,1-3H3,(H,14,15). The lowest BCUT2D eigenvalue weighted by atomic mass is 10.4. The Balaban J connectivity index is 2.03. The van der Waals surface area contributed by atoms with E-state index in [2.05, 4.69) is 34.1 Å². The van der Waals surface area contributed by atoms with Crippen LogP contribution in [0.3, 0.4) is 0 Å². The zero-order chi connectivity index (χ0) is 13.0. The molecule has 2 aromatic rings. The van der Waals surface area contributed by atoms with Crippen LogP contribution in [-0.4, -0.2) is 45.7 Å². The number of fused-ring (bicyclic) bond motifs is 1. The van der Waals surface area contributed by atoms with E-state index in [9.17, 15) is 0 Å². The molecule has 0 saturated heterocycles. The van der Waals surface area contributed by atoms with Gasteiger partial charge < -0.3 is 10.2 Å². The monoisotopic (exact) mass is 247 g/mol. The van der Waals surface area contributed by atoms with Gasteiger partial charge in [-0.15, -0.1) is 0 Å². The summed E-state index contributed by atoms with van der Waals surface area (Å²) in [6.45, 7) is 10.5. The van der Waals surface area contributed by atoms with Crippen molar-refractivity contribution in [3.8, 4) is 0 Å². The lowest BCUT2D eigenvalue weighted by Gasteiger charge is -2.18. The fraction of sp³-hybridized carbons (Fsp3) is 0.538. The summed E-state index contributed by atoms with van der Waals surface area (Å²) in [5.74, 6) is 0.908. The third kappa shape index (κ3) is 2.79. The molecule has 2 rings (SSSR count). The van der Waals surface area contributed by atoms with Gasteiger partial charge in [0.05, 0.1) is 5.69 Å². The smallest absolute Gasteiger partial charge is 0.152 e. The number of anilines is 1. The molecule has 2 aromatic heterocycles. The maximum Gasteiger partial charge on any atom is 0.152 e. The zero-order valence-electron chi connectivity index (χ0n) is 11.3. The minimum Gasteiger partial charge on any atom is -0.367 e. The predicted octanol–water partition coefficient (Wildman–Crippen LogP) is 1.79. The second-order valence-corrected chi connectivity index (χ2v) is 4.35. The Bertz CT molecular complexity index is 501. The Morgan fingerprint density at radius 1 is 1.33 bits per heavy atom. The molecule has 0 spiro atoms. The van der Waals surface area contributed by atoms with Gasteiger partial charge in [-0.2, -0.15) is 5.10 Å². The first-order valence-electron chi connectivity index (χ1n) is 6.51. The van der Waals surface area contributed by atoms with E-state index >= 15 is 0 Å². The van der Waals surface area contributed by atoms with Crippen molar-refractivity contribution in [2.45, 2.75) is 20.8 Å². The number of likely N-dealkylation sites (N-methyl/N-ethyl adjacent to an activating group) is 1. The molecule has 0 aliphatic carbocycles. The van der Waals surface area contributed by atoms with Gasteiger partial charge in [-0.1, -0.05) is 13.8 Å². The van der Waals surface area contributed by atoms with Gasteiger partial charge in [0, 0.05) is 25.5 Å². The van der Waals surface area contributed by atoms with Crippen molar-refractivity contribution in [2.75, 3.05) is 31.5 Å². The first kappa shape index (κ1) is 12.8. The average molecular weight is 247 g/mol. The van der Waals surface area contributed by atoms with Gasteiger partial charge in [-0.05, 0) is 26.1 Å². The van der Waals surface area contributed by atoms with Gasteiger partial charge >= 0.3 is 0 Å². The van der Waals surface area contributed by atoms with Gasteiger partial charge in [0.2, 0.25) is 0 Å². The lowest BCUT2D eigenvalue weighted by molar-refractivity contribution is 0.316. The van der Waals surface area contributed by atoms with Gasteiger partial charge in [-0.25, -0.2) is 9.50 Å². The van der Waals surface area contributed by atoms with Gasteiger partial charge in [0.15, 0.2) is 5.82 Å². The summed E-state index contributed by atoms with van der Waals surface area (Å²) in [6.07, 6.45) is 3.65. The Labute approximate surface area is 108 Å². The fourth-order valence-corrected chi connectivity index (χ4v) is 2.05. The van der Waals surface area contributed by atoms with E-state index in [-0.39, 0.29) is 0 Å².